The Hall–Kier alpha value is -2.89. The predicted molar refractivity (Wildman–Crippen MR) is 112 cm³/mol. The maximum atomic E-state index is 14.0. The lowest BCUT2D eigenvalue weighted by molar-refractivity contribution is 0.464. The number of nitrogens with two attached hydrogens (primary N) is 1. The van der Waals surface area contributed by atoms with E-state index in [2.05, 4.69) is 28.8 Å². The molecule has 2 aromatic heterocycles. The Balaban J connectivity index is 0.000000252. The molecule has 4 nitrogen and oxygen atoms in total. The first kappa shape index (κ1) is 20.8. The van der Waals surface area contributed by atoms with Gasteiger partial charge in [-0.1, -0.05) is 38.8 Å². The van der Waals surface area contributed by atoms with Gasteiger partial charge >= 0.3 is 0 Å². The molecule has 3 aromatic rings. The lowest BCUT2D eigenvalue weighted by Crippen LogP contribution is -2.00. The van der Waals surface area contributed by atoms with Gasteiger partial charge in [0.05, 0.1) is 18.1 Å². The highest BCUT2D eigenvalue weighted by Gasteiger charge is 2.26. The first-order valence-corrected chi connectivity index (χ1v) is 9.98. The van der Waals surface area contributed by atoms with E-state index in [9.17, 15) is 8.78 Å². The summed E-state index contributed by atoms with van der Waals surface area (Å²) in [7, 11) is 0. The number of benzene rings is 1. The summed E-state index contributed by atoms with van der Waals surface area (Å²) in [5.74, 6) is 1.24. The molecular weight excluding hydrogens is 370 g/mol. The van der Waals surface area contributed by atoms with Crippen LogP contribution in [-0.2, 0) is 0 Å². The van der Waals surface area contributed by atoms with E-state index in [-0.39, 0.29) is 28.3 Å². The predicted octanol–water partition coefficient (Wildman–Crippen LogP) is 5.90. The number of aromatic nitrogens is 3. The number of hydrogen-bond donors (Lipinski definition) is 1. The van der Waals surface area contributed by atoms with Crippen molar-refractivity contribution in [3.8, 4) is 22.5 Å². The van der Waals surface area contributed by atoms with Crippen molar-refractivity contribution in [2.75, 3.05) is 5.73 Å². The quantitative estimate of drug-likeness (QED) is 0.583. The van der Waals surface area contributed by atoms with Crippen molar-refractivity contribution in [3.63, 3.8) is 0 Å². The van der Waals surface area contributed by atoms with Crippen LogP contribution in [0.1, 0.15) is 39.5 Å². The van der Waals surface area contributed by atoms with Crippen LogP contribution in [0.4, 0.5) is 14.6 Å². The van der Waals surface area contributed by atoms with Crippen molar-refractivity contribution in [1.29, 1.82) is 0 Å². The Bertz CT molecular complexity index is 957. The Morgan fingerprint density at radius 1 is 1.03 bits per heavy atom. The second-order valence-electron chi connectivity index (χ2n) is 7.43. The molecule has 2 heterocycles. The fourth-order valence-electron chi connectivity index (χ4n) is 3.36. The molecule has 1 aliphatic rings. The van der Waals surface area contributed by atoms with Crippen LogP contribution in [0.5, 0.6) is 0 Å². The lowest BCUT2D eigenvalue weighted by Gasteiger charge is -2.10. The molecule has 152 valence electrons. The maximum absolute atomic E-state index is 14.0. The number of halogens is 2. The van der Waals surface area contributed by atoms with Crippen LogP contribution in [0.3, 0.4) is 0 Å². The van der Waals surface area contributed by atoms with Gasteiger partial charge in [-0.25, -0.2) is 18.7 Å². The third-order valence-corrected chi connectivity index (χ3v) is 5.12. The van der Waals surface area contributed by atoms with Crippen LogP contribution in [-0.4, -0.2) is 15.0 Å². The van der Waals surface area contributed by atoms with Gasteiger partial charge in [0.1, 0.15) is 17.3 Å². The number of rotatable bonds is 5. The Morgan fingerprint density at radius 2 is 1.76 bits per heavy atom. The standard InChI is InChI=1S/C15H10F2N4.C8H16/c16-11-4-2-1-3-9(11)15-14(20-8-13(18)21-15)10-5-6-19-7-12(10)17;1-3-4-7(2)8-5-6-8/h1-8H,(H2,18,21);7-8H,3-6H2,1-2H3. The van der Waals surface area contributed by atoms with Gasteiger partial charge in [0.25, 0.3) is 0 Å². The molecule has 1 aromatic carbocycles. The Kier molecular flexibility index (Phi) is 6.86. The lowest BCUT2D eigenvalue weighted by atomic mass is 10.0. The van der Waals surface area contributed by atoms with Gasteiger partial charge < -0.3 is 5.73 Å². The minimum atomic E-state index is -0.561. The second kappa shape index (κ2) is 9.54. The topological polar surface area (TPSA) is 64.7 Å². The summed E-state index contributed by atoms with van der Waals surface area (Å²) in [5.41, 5.74) is 6.44. The van der Waals surface area contributed by atoms with Crippen molar-refractivity contribution in [2.45, 2.75) is 39.5 Å². The normalized spacial score (nSPS) is 14.1. The van der Waals surface area contributed by atoms with Crippen molar-refractivity contribution in [3.05, 3.63) is 60.6 Å². The van der Waals surface area contributed by atoms with Crippen LogP contribution in [0.25, 0.3) is 22.5 Å². The molecule has 0 amide bonds. The van der Waals surface area contributed by atoms with Crippen molar-refractivity contribution in [1.82, 2.24) is 15.0 Å². The monoisotopic (exact) mass is 396 g/mol. The van der Waals surface area contributed by atoms with Gasteiger partial charge in [-0.2, -0.15) is 0 Å². The molecule has 1 atom stereocenters. The number of anilines is 1. The molecule has 1 saturated carbocycles. The van der Waals surface area contributed by atoms with Gasteiger partial charge in [0.15, 0.2) is 5.82 Å². The SMILES string of the molecule is CCCC(C)C1CC1.Nc1cnc(-c2ccncc2F)c(-c2ccccc2F)n1. The summed E-state index contributed by atoms with van der Waals surface area (Å²) in [6.07, 6.45) is 9.66. The average Bonchev–Trinajstić information content (AvgIpc) is 3.55. The molecular formula is C23H26F2N4. The third-order valence-electron chi connectivity index (χ3n) is 5.12. The van der Waals surface area contributed by atoms with Crippen LogP contribution < -0.4 is 5.73 Å². The van der Waals surface area contributed by atoms with Gasteiger partial charge in [-0.15, -0.1) is 0 Å². The van der Waals surface area contributed by atoms with E-state index >= 15 is 0 Å². The molecule has 1 fully saturated rings. The fraction of sp³-hybridized carbons (Fsp3) is 0.348. The molecule has 29 heavy (non-hydrogen) atoms. The minimum Gasteiger partial charge on any atom is -0.382 e. The van der Waals surface area contributed by atoms with E-state index in [4.69, 9.17) is 5.73 Å². The summed E-state index contributed by atoms with van der Waals surface area (Å²) in [6, 6.07) is 7.52. The highest BCUT2D eigenvalue weighted by atomic mass is 19.1. The van der Waals surface area contributed by atoms with Crippen LogP contribution in [0.15, 0.2) is 48.9 Å². The molecule has 0 bridgehead atoms. The maximum Gasteiger partial charge on any atom is 0.150 e. The van der Waals surface area contributed by atoms with E-state index in [0.717, 1.165) is 18.0 Å². The summed E-state index contributed by atoms with van der Waals surface area (Å²) >= 11 is 0. The average molecular weight is 396 g/mol. The molecule has 2 N–H and O–H groups in total. The number of hydrogen-bond acceptors (Lipinski definition) is 4. The highest BCUT2D eigenvalue weighted by molar-refractivity contribution is 5.78. The summed E-state index contributed by atoms with van der Waals surface area (Å²) in [5, 5.41) is 0. The van der Waals surface area contributed by atoms with Gasteiger partial charge in [-0.05, 0) is 42.9 Å². The minimum absolute atomic E-state index is 0.131. The van der Waals surface area contributed by atoms with Crippen LogP contribution >= 0.6 is 0 Å². The molecule has 1 aliphatic carbocycles. The molecule has 6 heteroatoms. The van der Waals surface area contributed by atoms with Crippen molar-refractivity contribution in [2.24, 2.45) is 11.8 Å². The molecule has 0 radical (unpaired) electrons. The van der Waals surface area contributed by atoms with Crippen molar-refractivity contribution >= 4 is 5.82 Å². The first-order valence-electron chi connectivity index (χ1n) is 9.98. The smallest absolute Gasteiger partial charge is 0.150 e. The molecule has 0 saturated heterocycles. The van der Waals surface area contributed by atoms with Gasteiger partial charge in [0, 0.05) is 17.3 Å². The number of nitrogen functional groups attached to an aromatic ring is 1. The molecule has 0 spiro atoms. The summed E-state index contributed by atoms with van der Waals surface area (Å²) in [4.78, 5) is 11.9. The molecule has 1 unspecified atom stereocenters. The zero-order valence-corrected chi connectivity index (χ0v) is 16.8. The third kappa shape index (κ3) is 5.34. The zero-order valence-electron chi connectivity index (χ0n) is 16.8. The van der Waals surface area contributed by atoms with E-state index in [1.165, 1.54) is 50.2 Å². The van der Waals surface area contributed by atoms with E-state index < -0.39 is 11.6 Å². The highest BCUT2D eigenvalue weighted by Crippen LogP contribution is 2.38. The van der Waals surface area contributed by atoms with Crippen LogP contribution in [0, 0.1) is 23.5 Å². The van der Waals surface area contributed by atoms with Gasteiger partial charge in [0.2, 0.25) is 0 Å². The Labute approximate surface area is 170 Å². The largest absolute Gasteiger partial charge is 0.382 e. The first-order chi connectivity index (χ1) is 14.0. The van der Waals surface area contributed by atoms with E-state index in [1.807, 2.05) is 0 Å². The number of nitrogens with zero attached hydrogens (tertiary/aromatic N) is 3. The molecule has 4 rings (SSSR count). The second-order valence-corrected chi connectivity index (χ2v) is 7.43. The van der Waals surface area contributed by atoms with Gasteiger partial charge in [-0.3, -0.25) is 4.98 Å². The fourth-order valence-corrected chi connectivity index (χ4v) is 3.36. The Morgan fingerprint density at radius 3 is 2.41 bits per heavy atom. The summed E-state index contributed by atoms with van der Waals surface area (Å²) in [6.45, 7) is 4.67. The van der Waals surface area contributed by atoms with Crippen LogP contribution in [0.2, 0.25) is 0 Å². The molecule has 0 aliphatic heterocycles. The van der Waals surface area contributed by atoms with E-state index in [1.54, 1.807) is 18.2 Å². The van der Waals surface area contributed by atoms with E-state index in [0.29, 0.717) is 0 Å². The summed E-state index contributed by atoms with van der Waals surface area (Å²) < 4.78 is 27.9. The number of pyridine rings is 1. The zero-order chi connectivity index (χ0) is 20.8. The van der Waals surface area contributed by atoms with Crippen molar-refractivity contribution < 1.29 is 8.78 Å².